The van der Waals surface area contributed by atoms with Gasteiger partial charge in [-0.3, -0.25) is 10.1 Å². The zero-order valence-electron chi connectivity index (χ0n) is 12.4. The van der Waals surface area contributed by atoms with Crippen molar-refractivity contribution in [2.24, 2.45) is 0 Å². The number of halogens is 1. The molecule has 5 nitrogen and oxygen atoms in total. The van der Waals surface area contributed by atoms with Gasteiger partial charge in [-0.05, 0) is 31.7 Å². The molecule has 1 aliphatic heterocycles. The molecule has 0 radical (unpaired) electrons. The maximum absolute atomic E-state index is 10.7. The summed E-state index contributed by atoms with van der Waals surface area (Å²) in [6, 6.07) is 4.81. The van der Waals surface area contributed by atoms with E-state index < -0.39 is 4.92 Å². The molecule has 1 fully saturated rings. The number of nitrogens with one attached hydrogen (secondary N) is 1. The molecule has 1 saturated heterocycles. The molecule has 0 amide bonds. The molecule has 0 saturated carbocycles. The smallest absolute Gasteiger partial charge is 0.271 e. The van der Waals surface area contributed by atoms with E-state index in [4.69, 9.17) is 16.3 Å². The highest BCUT2D eigenvalue weighted by Crippen LogP contribution is 2.34. The monoisotopic (exact) mass is 312 g/mol. The summed E-state index contributed by atoms with van der Waals surface area (Å²) in [4.78, 5) is 10.3. The second-order valence-corrected chi connectivity index (χ2v) is 5.90. The molecule has 1 aromatic rings. The molecule has 2 rings (SSSR count). The molecule has 1 N–H and O–H groups in total. The molecule has 0 aliphatic carbocycles. The summed E-state index contributed by atoms with van der Waals surface area (Å²) in [5.41, 5.74) is 0.688. The number of nitro benzene ring substituents is 1. The predicted molar refractivity (Wildman–Crippen MR) is 84.0 cm³/mol. The lowest BCUT2D eigenvalue weighted by atomic mass is 9.86. The molecule has 6 heteroatoms. The van der Waals surface area contributed by atoms with Gasteiger partial charge in [0.05, 0.1) is 21.2 Å². The number of benzene rings is 1. The lowest BCUT2D eigenvalue weighted by Crippen LogP contribution is -2.43. The first-order valence-electron chi connectivity index (χ1n) is 7.34. The van der Waals surface area contributed by atoms with Crippen LogP contribution < -0.4 is 5.32 Å². The summed E-state index contributed by atoms with van der Waals surface area (Å²) in [6.07, 6.45) is 3.80. The van der Waals surface area contributed by atoms with E-state index in [-0.39, 0.29) is 17.3 Å². The standard InChI is InChI=1S/C15H21ClN2O3/c1-3-15(4-2)10-11(7-8-21-15)17-14-6-5-12(18(19)20)9-13(14)16/h5-6,9,11,17H,3-4,7-8,10H2,1-2H3. The van der Waals surface area contributed by atoms with Crippen LogP contribution in [0.4, 0.5) is 11.4 Å². The average molecular weight is 313 g/mol. The van der Waals surface area contributed by atoms with Gasteiger partial charge >= 0.3 is 0 Å². The number of non-ortho nitro benzene ring substituents is 1. The quantitative estimate of drug-likeness (QED) is 0.646. The zero-order chi connectivity index (χ0) is 15.5. The van der Waals surface area contributed by atoms with Crippen LogP contribution in [0.5, 0.6) is 0 Å². The Bertz CT molecular complexity index is 518. The minimum atomic E-state index is -0.441. The zero-order valence-corrected chi connectivity index (χ0v) is 13.2. The Morgan fingerprint density at radius 2 is 2.19 bits per heavy atom. The Hall–Kier alpha value is -1.33. The lowest BCUT2D eigenvalue weighted by Gasteiger charge is -2.40. The molecule has 1 aromatic carbocycles. The van der Waals surface area contributed by atoms with E-state index >= 15 is 0 Å². The van der Waals surface area contributed by atoms with Crippen molar-refractivity contribution in [1.82, 2.24) is 0 Å². The van der Waals surface area contributed by atoms with Crippen molar-refractivity contribution in [3.63, 3.8) is 0 Å². The fourth-order valence-electron chi connectivity index (χ4n) is 2.85. The molecular weight excluding hydrogens is 292 g/mol. The minimum Gasteiger partial charge on any atom is -0.381 e. The van der Waals surface area contributed by atoms with Gasteiger partial charge < -0.3 is 10.1 Å². The Morgan fingerprint density at radius 1 is 1.48 bits per heavy atom. The van der Waals surface area contributed by atoms with Gasteiger partial charge in [-0.25, -0.2) is 0 Å². The third kappa shape index (κ3) is 3.66. The highest BCUT2D eigenvalue weighted by Gasteiger charge is 2.34. The molecule has 1 heterocycles. The highest BCUT2D eigenvalue weighted by molar-refractivity contribution is 6.33. The second kappa shape index (κ2) is 6.62. The van der Waals surface area contributed by atoms with Crippen LogP contribution >= 0.6 is 11.6 Å². The number of ether oxygens (including phenoxy) is 1. The van der Waals surface area contributed by atoms with Gasteiger partial charge in [-0.1, -0.05) is 25.4 Å². The van der Waals surface area contributed by atoms with Crippen LogP contribution in [-0.4, -0.2) is 23.2 Å². The predicted octanol–water partition coefficient (Wildman–Crippen LogP) is 4.40. The number of anilines is 1. The van der Waals surface area contributed by atoms with Gasteiger partial charge in [0.25, 0.3) is 5.69 Å². The van der Waals surface area contributed by atoms with E-state index in [0.29, 0.717) is 5.02 Å². The first kappa shape index (κ1) is 16.0. The third-order valence-electron chi connectivity index (χ3n) is 4.30. The number of nitro groups is 1. The van der Waals surface area contributed by atoms with E-state index in [9.17, 15) is 10.1 Å². The van der Waals surface area contributed by atoms with Crippen LogP contribution in [0.15, 0.2) is 18.2 Å². The average Bonchev–Trinajstić information content (AvgIpc) is 2.49. The van der Waals surface area contributed by atoms with Gasteiger partial charge in [-0.15, -0.1) is 0 Å². The number of hydrogen-bond donors (Lipinski definition) is 1. The number of rotatable bonds is 5. The van der Waals surface area contributed by atoms with Crippen molar-refractivity contribution in [1.29, 1.82) is 0 Å². The molecule has 21 heavy (non-hydrogen) atoms. The van der Waals surface area contributed by atoms with E-state index in [1.54, 1.807) is 6.07 Å². The normalized spacial score (nSPS) is 21.0. The molecule has 116 valence electrons. The fourth-order valence-corrected chi connectivity index (χ4v) is 3.08. The highest BCUT2D eigenvalue weighted by atomic mass is 35.5. The second-order valence-electron chi connectivity index (χ2n) is 5.49. The Balaban J connectivity index is 2.09. The van der Waals surface area contributed by atoms with Gasteiger partial charge in [0.1, 0.15) is 0 Å². The molecule has 0 bridgehead atoms. The summed E-state index contributed by atoms with van der Waals surface area (Å²) in [7, 11) is 0. The van der Waals surface area contributed by atoms with Gasteiger partial charge in [0, 0.05) is 24.8 Å². The summed E-state index contributed by atoms with van der Waals surface area (Å²) >= 11 is 6.13. The number of nitrogens with zero attached hydrogens (tertiary/aromatic N) is 1. The van der Waals surface area contributed by atoms with E-state index in [2.05, 4.69) is 19.2 Å². The third-order valence-corrected chi connectivity index (χ3v) is 4.62. The Labute approximate surface area is 129 Å². The van der Waals surface area contributed by atoms with Crippen LogP contribution in [0.25, 0.3) is 0 Å². The lowest BCUT2D eigenvalue weighted by molar-refractivity contribution is -0.384. The van der Waals surface area contributed by atoms with E-state index in [0.717, 1.165) is 38.0 Å². The van der Waals surface area contributed by atoms with Crippen LogP contribution in [0.2, 0.25) is 5.02 Å². The van der Waals surface area contributed by atoms with Crippen LogP contribution in [-0.2, 0) is 4.74 Å². The van der Waals surface area contributed by atoms with Crippen molar-refractivity contribution >= 4 is 23.0 Å². The summed E-state index contributed by atoms with van der Waals surface area (Å²) < 4.78 is 5.95. The SMILES string of the molecule is CCC1(CC)CC(Nc2ccc([N+](=O)[O-])cc2Cl)CCO1. The minimum absolute atomic E-state index is 0.00832. The molecule has 0 aromatic heterocycles. The summed E-state index contributed by atoms with van der Waals surface area (Å²) in [5, 5.41) is 14.5. The van der Waals surface area contributed by atoms with Crippen molar-refractivity contribution in [3.8, 4) is 0 Å². The van der Waals surface area contributed by atoms with Crippen molar-refractivity contribution in [3.05, 3.63) is 33.3 Å². The molecule has 0 spiro atoms. The molecule has 1 atom stereocenters. The largest absolute Gasteiger partial charge is 0.381 e. The van der Waals surface area contributed by atoms with E-state index in [1.165, 1.54) is 12.1 Å². The maximum atomic E-state index is 10.7. The first-order valence-corrected chi connectivity index (χ1v) is 7.72. The molecule has 1 unspecified atom stereocenters. The van der Waals surface area contributed by atoms with Crippen LogP contribution in [0.1, 0.15) is 39.5 Å². The van der Waals surface area contributed by atoms with Crippen LogP contribution in [0, 0.1) is 10.1 Å². The summed E-state index contributed by atoms with van der Waals surface area (Å²) in [6.45, 7) is 5.01. The van der Waals surface area contributed by atoms with Crippen molar-refractivity contribution < 1.29 is 9.66 Å². The van der Waals surface area contributed by atoms with Crippen LogP contribution in [0.3, 0.4) is 0 Å². The molecular formula is C15H21ClN2O3. The Kier molecular flexibility index (Phi) is 5.06. The van der Waals surface area contributed by atoms with E-state index in [1.807, 2.05) is 0 Å². The van der Waals surface area contributed by atoms with Gasteiger partial charge in [0.15, 0.2) is 0 Å². The van der Waals surface area contributed by atoms with Gasteiger partial charge in [0.2, 0.25) is 0 Å². The Morgan fingerprint density at radius 3 is 2.76 bits per heavy atom. The van der Waals surface area contributed by atoms with Crippen molar-refractivity contribution in [2.75, 3.05) is 11.9 Å². The topological polar surface area (TPSA) is 64.4 Å². The van der Waals surface area contributed by atoms with Crippen molar-refractivity contribution in [2.45, 2.75) is 51.2 Å². The molecule has 1 aliphatic rings. The fraction of sp³-hybridized carbons (Fsp3) is 0.600. The van der Waals surface area contributed by atoms with Gasteiger partial charge in [-0.2, -0.15) is 0 Å². The summed E-state index contributed by atoms with van der Waals surface area (Å²) in [5.74, 6) is 0. The first-order chi connectivity index (χ1) is 9.99. The number of hydrogen-bond acceptors (Lipinski definition) is 4. The maximum Gasteiger partial charge on any atom is 0.271 e.